The van der Waals surface area contributed by atoms with Gasteiger partial charge in [0.2, 0.25) is 0 Å². The van der Waals surface area contributed by atoms with E-state index in [1.807, 2.05) is 6.07 Å². The van der Waals surface area contributed by atoms with E-state index >= 15 is 0 Å². The van der Waals surface area contributed by atoms with Crippen LogP contribution in [-0.2, 0) is 11.3 Å². The minimum absolute atomic E-state index is 0.337. The zero-order chi connectivity index (χ0) is 18.4. The van der Waals surface area contributed by atoms with Gasteiger partial charge in [-0.2, -0.15) is 0 Å². The second kappa shape index (κ2) is 8.78. The molecule has 0 unspecified atom stereocenters. The number of guanidine groups is 1. The summed E-state index contributed by atoms with van der Waals surface area (Å²) >= 11 is 6.11. The number of morpholine rings is 1. The topological polar surface area (TPSA) is 72.1 Å². The maximum atomic E-state index is 6.11. The van der Waals surface area contributed by atoms with Crippen LogP contribution in [0, 0.1) is 0 Å². The highest BCUT2D eigenvalue weighted by Gasteiger charge is 2.10. The van der Waals surface area contributed by atoms with Crippen LogP contribution in [0.2, 0.25) is 5.02 Å². The first-order valence-corrected chi connectivity index (χ1v) is 8.85. The van der Waals surface area contributed by atoms with Crippen LogP contribution in [0.3, 0.4) is 0 Å². The van der Waals surface area contributed by atoms with Gasteiger partial charge in [-0.05, 0) is 35.9 Å². The quantitative estimate of drug-likeness (QED) is 0.621. The maximum Gasteiger partial charge on any atom is 0.193 e. The third kappa shape index (κ3) is 4.80. The number of nitrogens with two attached hydrogens (primary N) is 1. The van der Waals surface area contributed by atoms with Crippen LogP contribution in [0.1, 0.15) is 5.56 Å². The van der Waals surface area contributed by atoms with Gasteiger partial charge in [0, 0.05) is 24.5 Å². The van der Waals surface area contributed by atoms with Gasteiger partial charge in [-0.3, -0.25) is 0 Å². The molecule has 3 N–H and O–H groups in total. The summed E-state index contributed by atoms with van der Waals surface area (Å²) in [6.45, 7) is 3.93. The van der Waals surface area contributed by atoms with E-state index in [4.69, 9.17) is 26.8 Å². The molecule has 26 heavy (non-hydrogen) atoms. The molecule has 2 aromatic carbocycles. The molecular weight excluding hydrogens is 352 g/mol. The molecule has 1 aliphatic heterocycles. The van der Waals surface area contributed by atoms with Gasteiger partial charge >= 0.3 is 0 Å². The van der Waals surface area contributed by atoms with Gasteiger partial charge in [0.25, 0.3) is 0 Å². The Kier molecular flexibility index (Phi) is 6.20. The SMILES string of the molecule is COc1ccc(NC(N)=NCc2ccc(N3CCOCC3)cc2)cc1Cl. The number of ether oxygens (including phenoxy) is 2. The molecule has 0 aliphatic carbocycles. The van der Waals surface area contributed by atoms with Crippen molar-refractivity contribution in [2.24, 2.45) is 10.7 Å². The number of rotatable bonds is 5. The minimum Gasteiger partial charge on any atom is -0.495 e. The molecule has 0 saturated carbocycles. The first-order chi connectivity index (χ1) is 12.7. The van der Waals surface area contributed by atoms with Gasteiger partial charge < -0.3 is 25.4 Å². The molecule has 1 heterocycles. The van der Waals surface area contributed by atoms with Crippen molar-refractivity contribution in [2.45, 2.75) is 6.54 Å². The standard InChI is InChI=1S/C19H23ClN4O2/c1-25-18-7-4-15(12-17(18)20)23-19(21)22-13-14-2-5-16(6-3-14)24-8-10-26-11-9-24/h2-7,12H,8-11,13H2,1H3,(H3,21,22,23). The molecular formula is C19H23ClN4O2. The predicted molar refractivity (Wildman–Crippen MR) is 106 cm³/mol. The lowest BCUT2D eigenvalue weighted by atomic mass is 10.2. The highest BCUT2D eigenvalue weighted by atomic mass is 35.5. The first-order valence-electron chi connectivity index (χ1n) is 8.48. The molecule has 0 radical (unpaired) electrons. The highest BCUT2D eigenvalue weighted by molar-refractivity contribution is 6.32. The molecule has 7 heteroatoms. The van der Waals surface area contributed by atoms with Gasteiger partial charge in [0.05, 0.1) is 31.9 Å². The zero-order valence-electron chi connectivity index (χ0n) is 14.7. The summed E-state index contributed by atoms with van der Waals surface area (Å²) in [6.07, 6.45) is 0. The fraction of sp³-hybridized carbons (Fsp3) is 0.316. The second-order valence-corrected chi connectivity index (χ2v) is 6.35. The van der Waals surface area contributed by atoms with Crippen LogP contribution in [-0.4, -0.2) is 39.4 Å². The predicted octanol–water partition coefficient (Wildman–Crippen LogP) is 3.11. The lowest BCUT2D eigenvalue weighted by Gasteiger charge is -2.28. The van der Waals surface area contributed by atoms with Crippen LogP contribution in [0.4, 0.5) is 11.4 Å². The van der Waals surface area contributed by atoms with Gasteiger partial charge in [0.15, 0.2) is 5.96 Å². The summed E-state index contributed by atoms with van der Waals surface area (Å²) in [6, 6.07) is 13.7. The monoisotopic (exact) mass is 374 g/mol. The summed E-state index contributed by atoms with van der Waals surface area (Å²) < 4.78 is 10.5. The van der Waals surface area contributed by atoms with E-state index in [0.29, 0.717) is 23.3 Å². The summed E-state index contributed by atoms with van der Waals surface area (Å²) in [4.78, 5) is 6.70. The number of nitrogens with one attached hydrogen (secondary N) is 1. The van der Waals surface area contributed by atoms with Gasteiger partial charge in [-0.15, -0.1) is 0 Å². The molecule has 3 rings (SSSR count). The number of benzene rings is 2. The number of anilines is 2. The summed E-state index contributed by atoms with van der Waals surface area (Å²) in [7, 11) is 1.58. The zero-order valence-corrected chi connectivity index (χ0v) is 15.5. The van der Waals surface area contributed by atoms with E-state index in [2.05, 4.69) is 39.5 Å². The molecule has 6 nitrogen and oxygen atoms in total. The third-order valence-electron chi connectivity index (χ3n) is 4.17. The van der Waals surface area contributed by atoms with Crippen LogP contribution in [0.5, 0.6) is 5.75 Å². The number of methoxy groups -OCH3 is 1. The number of nitrogens with zero attached hydrogens (tertiary/aromatic N) is 2. The van der Waals surface area contributed by atoms with Crippen LogP contribution >= 0.6 is 11.6 Å². The van der Waals surface area contributed by atoms with Gasteiger partial charge in [-0.25, -0.2) is 4.99 Å². The van der Waals surface area contributed by atoms with Crippen molar-refractivity contribution >= 4 is 28.9 Å². The fourth-order valence-corrected chi connectivity index (χ4v) is 3.00. The van der Waals surface area contributed by atoms with E-state index in [1.54, 1.807) is 19.2 Å². The van der Waals surface area contributed by atoms with Crippen molar-refractivity contribution < 1.29 is 9.47 Å². The highest BCUT2D eigenvalue weighted by Crippen LogP contribution is 2.27. The Hall–Kier alpha value is -2.44. The van der Waals surface area contributed by atoms with E-state index in [1.165, 1.54) is 5.69 Å². The molecule has 0 spiro atoms. The Bertz CT molecular complexity index is 759. The number of hydrogen-bond donors (Lipinski definition) is 2. The van der Waals surface area contributed by atoms with Crippen molar-refractivity contribution in [3.63, 3.8) is 0 Å². The lowest BCUT2D eigenvalue weighted by molar-refractivity contribution is 0.122. The molecule has 138 valence electrons. The van der Waals surface area contributed by atoms with E-state index in [0.717, 1.165) is 37.6 Å². The van der Waals surface area contributed by atoms with Crippen molar-refractivity contribution in [2.75, 3.05) is 43.6 Å². The molecule has 1 saturated heterocycles. The van der Waals surface area contributed by atoms with E-state index in [9.17, 15) is 0 Å². The molecule has 0 aromatic heterocycles. The Morgan fingerprint density at radius 3 is 2.62 bits per heavy atom. The van der Waals surface area contributed by atoms with Gasteiger partial charge in [-0.1, -0.05) is 23.7 Å². The van der Waals surface area contributed by atoms with Crippen LogP contribution in [0.15, 0.2) is 47.5 Å². The molecule has 1 fully saturated rings. The Labute approximate surface area is 158 Å². The number of halogens is 1. The normalized spacial score (nSPS) is 15.0. The van der Waals surface area contributed by atoms with E-state index in [-0.39, 0.29) is 0 Å². The average Bonchev–Trinajstić information content (AvgIpc) is 2.68. The molecule has 1 aliphatic rings. The number of hydrogen-bond acceptors (Lipinski definition) is 4. The first kappa shape index (κ1) is 18.4. The largest absolute Gasteiger partial charge is 0.495 e. The van der Waals surface area contributed by atoms with Crippen LogP contribution in [0.25, 0.3) is 0 Å². The summed E-state index contributed by atoms with van der Waals surface area (Å²) in [5.74, 6) is 0.955. The second-order valence-electron chi connectivity index (χ2n) is 5.94. The molecule has 0 bridgehead atoms. The minimum atomic E-state index is 0.337. The maximum absolute atomic E-state index is 6.11. The van der Waals surface area contributed by atoms with Crippen molar-refractivity contribution in [1.29, 1.82) is 0 Å². The molecule has 0 amide bonds. The smallest absolute Gasteiger partial charge is 0.193 e. The third-order valence-corrected chi connectivity index (χ3v) is 4.46. The fourth-order valence-electron chi connectivity index (χ4n) is 2.74. The lowest BCUT2D eigenvalue weighted by Crippen LogP contribution is -2.36. The summed E-state index contributed by atoms with van der Waals surface area (Å²) in [5.41, 5.74) is 9.03. The Morgan fingerprint density at radius 1 is 1.23 bits per heavy atom. The molecule has 2 aromatic rings. The van der Waals surface area contributed by atoms with Crippen LogP contribution < -0.4 is 20.7 Å². The molecule has 0 atom stereocenters. The van der Waals surface area contributed by atoms with Crippen molar-refractivity contribution in [1.82, 2.24) is 0 Å². The van der Waals surface area contributed by atoms with Crippen molar-refractivity contribution in [3.05, 3.63) is 53.1 Å². The van der Waals surface area contributed by atoms with Gasteiger partial charge in [0.1, 0.15) is 5.75 Å². The average molecular weight is 375 g/mol. The number of aliphatic imine (C=N–C) groups is 1. The van der Waals surface area contributed by atoms with E-state index < -0.39 is 0 Å². The van der Waals surface area contributed by atoms with Crippen molar-refractivity contribution in [3.8, 4) is 5.75 Å². The summed E-state index contributed by atoms with van der Waals surface area (Å²) in [5, 5.41) is 3.55. The Balaban J connectivity index is 1.57. The Morgan fingerprint density at radius 2 is 1.96 bits per heavy atom.